The van der Waals surface area contributed by atoms with Crippen molar-refractivity contribution in [1.29, 1.82) is 5.26 Å². The van der Waals surface area contributed by atoms with E-state index in [1.165, 1.54) is 25.3 Å². The van der Waals surface area contributed by atoms with E-state index in [9.17, 15) is 18.0 Å². The molecule has 0 unspecified atom stereocenters. The fourth-order valence-electron chi connectivity index (χ4n) is 1.90. The molecule has 0 bridgehead atoms. The van der Waals surface area contributed by atoms with Crippen molar-refractivity contribution in [2.75, 3.05) is 12.5 Å². The van der Waals surface area contributed by atoms with Crippen LogP contribution in [0.15, 0.2) is 42.5 Å². The molecule has 8 heteroatoms. The Labute approximate surface area is 135 Å². The fourth-order valence-corrected chi connectivity index (χ4v) is 1.90. The van der Waals surface area contributed by atoms with Gasteiger partial charge in [0.1, 0.15) is 5.75 Å². The van der Waals surface area contributed by atoms with E-state index in [2.05, 4.69) is 10.9 Å². The first-order valence-corrected chi connectivity index (χ1v) is 6.67. The summed E-state index contributed by atoms with van der Waals surface area (Å²) in [6, 6.07) is 10.7. The van der Waals surface area contributed by atoms with Crippen LogP contribution in [-0.4, -0.2) is 13.0 Å². The van der Waals surface area contributed by atoms with Crippen molar-refractivity contribution >= 4 is 11.6 Å². The molecule has 2 aromatic rings. The lowest BCUT2D eigenvalue weighted by atomic mass is 10.1. The number of rotatable bonds is 4. The van der Waals surface area contributed by atoms with Crippen LogP contribution in [0.4, 0.5) is 18.9 Å². The molecule has 0 radical (unpaired) electrons. The lowest BCUT2D eigenvalue weighted by Gasteiger charge is -2.15. The Kier molecular flexibility index (Phi) is 4.94. The summed E-state index contributed by atoms with van der Waals surface area (Å²) in [4.78, 5) is 12.0. The summed E-state index contributed by atoms with van der Waals surface area (Å²) in [5.74, 6) is -0.0684. The Morgan fingerprint density at radius 3 is 2.38 bits per heavy atom. The minimum atomic E-state index is -4.67. The fraction of sp³-hybridized carbons (Fsp3) is 0.125. The number of alkyl halides is 3. The maximum atomic E-state index is 13.0. The van der Waals surface area contributed by atoms with E-state index in [-0.39, 0.29) is 16.8 Å². The zero-order chi connectivity index (χ0) is 17.7. The second-order valence-electron chi connectivity index (χ2n) is 4.68. The normalized spacial score (nSPS) is 10.6. The van der Waals surface area contributed by atoms with Gasteiger partial charge in [-0.3, -0.25) is 15.6 Å². The van der Waals surface area contributed by atoms with Crippen LogP contribution in [0.25, 0.3) is 0 Å². The van der Waals surface area contributed by atoms with Gasteiger partial charge in [-0.1, -0.05) is 0 Å². The van der Waals surface area contributed by atoms with E-state index in [0.29, 0.717) is 11.8 Å². The molecule has 0 saturated heterocycles. The lowest BCUT2D eigenvalue weighted by Crippen LogP contribution is -2.30. The summed E-state index contributed by atoms with van der Waals surface area (Å²) in [5, 5.41) is 8.71. The summed E-state index contributed by atoms with van der Waals surface area (Å²) < 4.78 is 44.0. The Morgan fingerprint density at radius 2 is 1.83 bits per heavy atom. The van der Waals surface area contributed by atoms with Crippen molar-refractivity contribution in [2.24, 2.45) is 0 Å². The van der Waals surface area contributed by atoms with Gasteiger partial charge in [0.2, 0.25) is 0 Å². The number of nitrogens with zero attached hydrogens (tertiary/aromatic N) is 1. The van der Waals surface area contributed by atoms with Crippen molar-refractivity contribution in [1.82, 2.24) is 5.43 Å². The predicted molar refractivity (Wildman–Crippen MR) is 80.2 cm³/mol. The number of nitriles is 1. The van der Waals surface area contributed by atoms with Gasteiger partial charge in [-0.2, -0.15) is 18.4 Å². The molecular formula is C16H12F3N3O2. The number of hydrogen-bond acceptors (Lipinski definition) is 4. The van der Waals surface area contributed by atoms with Crippen LogP contribution < -0.4 is 15.6 Å². The number of methoxy groups -OCH3 is 1. The number of ether oxygens (including phenoxy) is 1. The second kappa shape index (κ2) is 6.91. The van der Waals surface area contributed by atoms with Gasteiger partial charge in [-0.15, -0.1) is 0 Å². The highest BCUT2D eigenvalue weighted by Gasteiger charge is 2.34. The van der Waals surface area contributed by atoms with Crippen LogP contribution >= 0.6 is 0 Å². The van der Waals surface area contributed by atoms with Crippen LogP contribution in [0, 0.1) is 11.3 Å². The summed E-state index contributed by atoms with van der Waals surface area (Å²) in [6.07, 6.45) is -4.67. The van der Waals surface area contributed by atoms with E-state index >= 15 is 0 Å². The van der Waals surface area contributed by atoms with Crippen LogP contribution in [-0.2, 0) is 6.18 Å². The van der Waals surface area contributed by atoms with Crippen molar-refractivity contribution in [3.63, 3.8) is 0 Å². The third-order valence-electron chi connectivity index (χ3n) is 3.12. The van der Waals surface area contributed by atoms with Crippen LogP contribution in [0.2, 0.25) is 0 Å². The zero-order valence-corrected chi connectivity index (χ0v) is 12.4. The maximum absolute atomic E-state index is 13.0. The molecule has 0 heterocycles. The van der Waals surface area contributed by atoms with Gasteiger partial charge in [0.15, 0.2) is 0 Å². The predicted octanol–water partition coefficient (Wildman–Crippen LogP) is 3.34. The molecule has 2 aromatic carbocycles. The average Bonchev–Trinajstić information content (AvgIpc) is 2.58. The molecule has 0 fully saturated rings. The molecule has 1 amide bonds. The number of halogens is 3. The minimum absolute atomic E-state index is 0.130. The minimum Gasteiger partial charge on any atom is -0.497 e. The van der Waals surface area contributed by atoms with Crippen LogP contribution in [0.1, 0.15) is 21.5 Å². The smallest absolute Gasteiger partial charge is 0.418 e. The van der Waals surface area contributed by atoms with Crippen molar-refractivity contribution in [2.45, 2.75) is 6.18 Å². The Balaban J connectivity index is 2.16. The molecule has 124 valence electrons. The second-order valence-corrected chi connectivity index (χ2v) is 4.68. The quantitative estimate of drug-likeness (QED) is 0.841. The van der Waals surface area contributed by atoms with Gasteiger partial charge in [0.25, 0.3) is 5.91 Å². The number of carbonyl (C=O) groups excluding carboxylic acids is 1. The Hall–Kier alpha value is -3.21. The third kappa shape index (κ3) is 3.95. The molecule has 0 aliphatic rings. The topological polar surface area (TPSA) is 74.2 Å². The zero-order valence-electron chi connectivity index (χ0n) is 12.4. The highest BCUT2D eigenvalue weighted by Crippen LogP contribution is 2.35. The van der Waals surface area contributed by atoms with Gasteiger partial charge in [0, 0.05) is 5.56 Å². The van der Waals surface area contributed by atoms with Gasteiger partial charge >= 0.3 is 6.18 Å². The van der Waals surface area contributed by atoms with Crippen molar-refractivity contribution in [3.8, 4) is 11.8 Å². The molecule has 0 saturated carbocycles. The molecule has 0 aromatic heterocycles. The largest absolute Gasteiger partial charge is 0.497 e. The molecule has 5 nitrogen and oxygen atoms in total. The lowest BCUT2D eigenvalue weighted by molar-refractivity contribution is -0.137. The van der Waals surface area contributed by atoms with Crippen LogP contribution in [0.3, 0.4) is 0 Å². The SMILES string of the molecule is COc1ccc(C(=O)NNc2ccc(C#N)cc2C(F)(F)F)cc1. The Morgan fingerprint density at radius 1 is 1.17 bits per heavy atom. The number of benzene rings is 2. The Bertz CT molecular complexity index is 781. The standard InChI is InChI=1S/C16H12F3N3O2/c1-24-12-5-3-11(4-6-12)15(23)22-21-14-7-2-10(9-20)8-13(14)16(17,18)19/h2-8,21H,1H3,(H,22,23). The summed E-state index contributed by atoms with van der Waals surface area (Å²) in [6.45, 7) is 0. The highest BCUT2D eigenvalue weighted by atomic mass is 19.4. The molecular weight excluding hydrogens is 323 g/mol. The maximum Gasteiger partial charge on any atom is 0.418 e. The van der Waals surface area contributed by atoms with Crippen LogP contribution in [0.5, 0.6) is 5.75 Å². The number of hydrogen-bond donors (Lipinski definition) is 2. The number of amides is 1. The number of anilines is 1. The highest BCUT2D eigenvalue weighted by molar-refractivity contribution is 5.95. The van der Waals surface area contributed by atoms with Crippen molar-refractivity contribution in [3.05, 3.63) is 59.2 Å². The third-order valence-corrected chi connectivity index (χ3v) is 3.12. The summed E-state index contributed by atoms with van der Waals surface area (Å²) in [7, 11) is 1.47. The monoisotopic (exact) mass is 335 g/mol. The molecule has 24 heavy (non-hydrogen) atoms. The molecule has 0 aliphatic carbocycles. The first-order chi connectivity index (χ1) is 11.3. The van der Waals surface area contributed by atoms with E-state index in [4.69, 9.17) is 10.00 Å². The van der Waals surface area contributed by atoms with Gasteiger partial charge in [-0.05, 0) is 42.5 Å². The van der Waals surface area contributed by atoms with Crippen molar-refractivity contribution < 1.29 is 22.7 Å². The van der Waals surface area contributed by atoms with Gasteiger partial charge in [-0.25, -0.2) is 0 Å². The van der Waals surface area contributed by atoms with E-state index in [0.717, 1.165) is 6.07 Å². The van der Waals surface area contributed by atoms with E-state index in [1.807, 2.05) is 0 Å². The number of carbonyl (C=O) groups is 1. The molecule has 2 N–H and O–H groups in total. The molecule has 0 aliphatic heterocycles. The molecule has 2 rings (SSSR count). The van der Waals surface area contributed by atoms with Gasteiger partial charge in [0.05, 0.1) is 30.0 Å². The number of hydrazine groups is 1. The van der Waals surface area contributed by atoms with Gasteiger partial charge < -0.3 is 4.74 Å². The summed E-state index contributed by atoms with van der Waals surface area (Å²) in [5.41, 5.74) is 3.14. The number of nitrogens with one attached hydrogen (secondary N) is 2. The first kappa shape index (κ1) is 17.1. The summed E-state index contributed by atoms with van der Waals surface area (Å²) >= 11 is 0. The first-order valence-electron chi connectivity index (χ1n) is 6.67. The molecule has 0 spiro atoms. The average molecular weight is 335 g/mol. The van der Waals surface area contributed by atoms with E-state index in [1.54, 1.807) is 18.2 Å². The molecule has 0 atom stereocenters. The van der Waals surface area contributed by atoms with E-state index < -0.39 is 17.6 Å².